The van der Waals surface area contributed by atoms with Gasteiger partial charge in [-0.2, -0.15) is 0 Å². The predicted molar refractivity (Wildman–Crippen MR) is 78.3 cm³/mol. The highest BCUT2D eigenvalue weighted by molar-refractivity contribution is 5.85. The van der Waals surface area contributed by atoms with E-state index in [0.717, 1.165) is 13.0 Å². The van der Waals surface area contributed by atoms with E-state index in [1.807, 2.05) is 0 Å². The van der Waals surface area contributed by atoms with Gasteiger partial charge in [0.15, 0.2) is 0 Å². The molecule has 2 aromatic carbocycles. The molecule has 1 N–H and O–H groups in total. The molecule has 3 rings (SSSR count). The standard InChI is InChI=1S/C16H17N.ClH/c1-16(14-8-3-2-4-9-14)15-10-6-5-7-13(15)11-12-17-16;/h2-10,17H,11-12H2,1H3;1H. The highest BCUT2D eigenvalue weighted by Crippen LogP contribution is 2.34. The van der Waals surface area contributed by atoms with Gasteiger partial charge in [0.05, 0.1) is 5.54 Å². The summed E-state index contributed by atoms with van der Waals surface area (Å²) in [6.45, 7) is 3.32. The lowest BCUT2D eigenvalue weighted by atomic mass is 9.79. The first-order valence-electron chi connectivity index (χ1n) is 6.20. The van der Waals surface area contributed by atoms with Crippen molar-refractivity contribution in [2.24, 2.45) is 0 Å². The maximum Gasteiger partial charge on any atom is 0.0664 e. The number of halogens is 1. The molecule has 1 aliphatic rings. The summed E-state index contributed by atoms with van der Waals surface area (Å²) in [4.78, 5) is 0. The first-order valence-corrected chi connectivity index (χ1v) is 6.20. The Labute approximate surface area is 115 Å². The van der Waals surface area contributed by atoms with Crippen molar-refractivity contribution >= 4 is 12.4 Å². The summed E-state index contributed by atoms with van der Waals surface area (Å²) in [5, 5.41) is 3.67. The summed E-state index contributed by atoms with van der Waals surface area (Å²) in [5.74, 6) is 0. The van der Waals surface area contributed by atoms with Gasteiger partial charge in [0.1, 0.15) is 0 Å². The number of nitrogens with one attached hydrogen (secondary N) is 1. The number of fused-ring (bicyclic) bond motifs is 1. The van der Waals surface area contributed by atoms with E-state index in [2.05, 4.69) is 66.8 Å². The molecule has 0 aromatic heterocycles. The molecule has 1 unspecified atom stereocenters. The molecule has 0 bridgehead atoms. The van der Waals surface area contributed by atoms with Gasteiger partial charge >= 0.3 is 0 Å². The SMILES string of the molecule is CC1(c2ccccc2)NCCc2ccccc21.Cl. The average molecular weight is 260 g/mol. The minimum Gasteiger partial charge on any atom is -0.304 e. The van der Waals surface area contributed by atoms with Crippen LogP contribution in [0.3, 0.4) is 0 Å². The summed E-state index contributed by atoms with van der Waals surface area (Å²) < 4.78 is 0. The van der Waals surface area contributed by atoms with E-state index in [1.165, 1.54) is 16.7 Å². The Bertz CT molecular complexity index is 524. The van der Waals surface area contributed by atoms with Gasteiger partial charge in [-0.1, -0.05) is 54.6 Å². The fourth-order valence-corrected chi connectivity index (χ4v) is 2.80. The van der Waals surface area contributed by atoms with Crippen LogP contribution in [0, 0.1) is 0 Å². The molecule has 2 heteroatoms. The quantitative estimate of drug-likeness (QED) is 0.826. The Morgan fingerprint density at radius 3 is 2.39 bits per heavy atom. The normalized spacial score (nSPS) is 21.8. The predicted octanol–water partition coefficient (Wildman–Crippen LogP) is 3.52. The van der Waals surface area contributed by atoms with Gasteiger partial charge in [0.25, 0.3) is 0 Å². The van der Waals surface area contributed by atoms with Crippen LogP contribution in [0.1, 0.15) is 23.6 Å². The fraction of sp³-hybridized carbons (Fsp3) is 0.250. The Morgan fingerprint density at radius 2 is 1.61 bits per heavy atom. The lowest BCUT2D eigenvalue weighted by Gasteiger charge is -2.37. The van der Waals surface area contributed by atoms with Crippen molar-refractivity contribution in [3.63, 3.8) is 0 Å². The van der Waals surface area contributed by atoms with Crippen molar-refractivity contribution in [2.75, 3.05) is 6.54 Å². The van der Waals surface area contributed by atoms with Crippen molar-refractivity contribution < 1.29 is 0 Å². The van der Waals surface area contributed by atoms with Crippen LogP contribution in [0.5, 0.6) is 0 Å². The van der Waals surface area contributed by atoms with Crippen molar-refractivity contribution in [1.29, 1.82) is 0 Å². The topological polar surface area (TPSA) is 12.0 Å². The van der Waals surface area contributed by atoms with Crippen LogP contribution in [-0.2, 0) is 12.0 Å². The van der Waals surface area contributed by atoms with Crippen LogP contribution in [-0.4, -0.2) is 6.54 Å². The van der Waals surface area contributed by atoms with Gasteiger partial charge in [-0.25, -0.2) is 0 Å². The molecule has 94 valence electrons. The number of hydrogen-bond donors (Lipinski definition) is 1. The summed E-state index contributed by atoms with van der Waals surface area (Å²) in [7, 11) is 0. The zero-order valence-corrected chi connectivity index (χ0v) is 11.3. The minimum atomic E-state index is -0.0455. The van der Waals surface area contributed by atoms with Crippen LogP contribution < -0.4 is 5.32 Å². The van der Waals surface area contributed by atoms with Crippen molar-refractivity contribution in [3.05, 3.63) is 71.3 Å². The van der Waals surface area contributed by atoms with Gasteiger partial charge in [-0.3, -0.25) is 0 Å². The van der Waals surface area contributed by atoms with Crippen molar-refractivity contribution in [3.8, 4) is 0 Å². The largest absolute Gasteiger partial charge is 0.304 e. The molecular weight excluding hydrogens is 242 g/mol. The van der Waals surface area contributed by atoms with Crippen molar-refractivity contribution in [1.82, 2.24) is 5.32 Å². The summed E-state index contributed by atoms with van der Waals surface area (Å²) in [6.07, 6.45) is 1.12. The lowest BCUT2D eigenvalue weighted by molar-refractivity contribution is 0.415. The van der Waals surface area contributed by atoms with E-state index in [9.17, 15) is 0 Å². The maximum atomic E-state index is 3.67. The van der Waals surface area contributed by atoms with E-state index in [-0.39, 0.29) is 17.9 Å². The first-order chi connectivity index (χ1) is 8.31. The van der Waals surface area contributed by atoms with Gasteiger partial charge in [0.2, 0.25) is 0 Å². The highest BCUT2D eigenvalue weighted by Gasteiger charge is 2.32. The molecule has 0 radical (unpaired) electrons. The average Bonchev–Trinajstić information content (AvgIpc) is 2.40. The second-order valence-corrected chi connectivity index (χ2v) is 4.82. The monoisotopic (exact) mass is 259 g/mol. The molecule has 0 saturated carbocycles. The third kappa shape index (κ3) is 2.05. The summed E-state index contributed by atoms with van der Waals surface area (Å²) in [6, 6.07) is 19.5. The van der Waals surface area contributed by atoms with Gasteiger partial charge in [-0.05, 0) is 30.0 Å². The molecular formula is C16H18ClN. The Morgan fingerprint density at radius 1 is 0.944 bits per heavy atom. The van der Waals surface area contributed by atoms with E-state index >= 15 is 0 Å². The molecule has 0 saturated heterocycles. The van der Waals surface area contributed by atoms with Crippen LogP contribution in [0.25, 0.3) is 0 Å². The first kappa shape index (κ1) is 13.1. The molecule has 0 amide bonds. The van der Waals surface area contributed by atoms with Crippen LogP contribution in [0.4, 0.5) is 0 Å². The van der Waals surface area contributed by atoms with Crippen LogP contribution in [0.15, 0.2) is 54.6 Å². The van der Waals surface area contributed by atoms with Crippen LogP contribution >= 0.6 is 12.4 Å². The molecule has 0 fully saturated rings. The van der Waals surface area contributed by atoms with E-state index < -0.39 is 0 Å². The number of rotatable bonds is 1. The fourth-order valence-electron chi connectivity index (χ4n) is 2.80. The van der Waals surface area contributed by atoms with E-state index in [4.69, 9.17) is 0 Å². The van der Waals surface area contributed by atoms with Gasteiger partial charge in [-0.15, -0.1) is 12.4 Å². The lowest BCUT2D eigenvalue weighted by Crippen LogP contribution is -2.45. The second kappa shape index (κ2) is 5.13. The zero-order chi connectivity index (χ0) is 11.7. The molecule has 2 aromatic rings. The highest BCUT2D eigenvalue weighted by atomic mass is 35.5. The molecule has 1 nitrogen and oxygen atoms in total. The molecule has 1 atom stereocenters. The van der Waals surface area contributed by atoms with Crippen molar-refractivity contribution in [2.45, 2.75) is 18.9 Å². The molecule has 0 aliphatic carbocycles. The molecule has 0 spiro atoms. The summed E-state index contributed by atoms with van der Waals surface area (Å²) in [5.41, 5.74) is 4.18. The number of benzene rings is 2. The number of hydrogen-bond acceptors (Lipinski definition) is 1. The summed E-state index contributed by atoms with van der Waals surface area (Å²) >= 11 is 0. The van der Waals surface area contributed by atoms with E-state index in [1.54, 1.807) is 0 Å². The van der Waals surface area contributed by atoms with Gasteiger partial charge < -0.3 is 5.32 Å². The minimum absolute atomic E-state index is 0. The third-order valence-corrected chi connectivity index (χ3v) is 3.78. The van der Waals surface area contributed by atoms with Crippen LogP contribution in [0.2, 0.25) is 0 Å². The smallest absolute Gasteiger partial charge is 0.0664 e. The Kier molecular flexibility index (Phi) is 3.74. The molecule has 1 heterocycles. The molecule has 18 heavy (non-hydrogen) atoms. The Balaban J connectivity index is 0.00000120. The van der Waals surface area contributed by atoms with E-state index in [0.29, 0.717) is 0 Å². The Hall–Kier alpha value is -1.31. The third-order valence-electron chi connectivity index (χ3n) is 3.78. The maximum absolute atomic E-state index is 3.67. The van der Waals surface area contributed by atoms with Gasteiger partial charge in [0, 0.05) is 6.54 Å². The zero-order valence-electron chi connectivity index (χ0n) is 10.5. The molecule has 1 aliphatic heterocycles. The second-order valence-electron chi connectivity index (χ2n) is 4.82.